The van der Waals surface area contributed by atoms with Gasteiger partial charge in [0.1, 0.15) is 5.69 Å². The smallest absolute Gasteiger partial charge is 0.390 e. The minimum absolute atomic E-state index is 0.0792. The van der Waals surface area contributed by atoms with Gasteiger partial charge < -0.3 is 15.7 Å². The molecule has 2 aliphatic rings. The molecule has 7 nitrogen and oxygen atoms in total. The largest absolute Gasteiger partial charge is 0.451 e. The zero-order valence-electron chi connectivity index (χ0n) is 17.5. The lowest BCUT2D eigenvalue weighted by atomic mass is 9.97. The van der Waals surface area contributed by atoms with Gasteiger partial charge in [0.25, 0.3) is 5.91 Å². The van der Waals surface area contributed by atoms with Crippen LogP contribution in [0.25, 0.3) is 0 Å². The average molecular weight is 449 g/mol. The third-order valence-electron chi connectivity index (χ3n) is 5.81. The molecule has 4 rings (SSSR count). The molecular formula is C22H26F3N5O2. The second-order valence-electron chi connectivity index (χ2n) is 8.41. The molecule has 3 heterocycles. The van der Waals surface area contributed by atoms with Gasteiger partial charge in [-0.3, -0.25) is 9.69 Å². The maximum Gasteiger partial charge on any atom is 0.451 e. The lowest BCUT2D eigenvalue weighted by Crippen LogP contribution is -2.43. The van der Waals surface area contributed by atoms with Crippen LogP contribution >= 0.6 is 0 Å². The van der Waals surface area contributed by atoms with Crippen LogP contribution in [-0.2, 0) is 25.6 Å². The molecule has 0 saturated carbocycles. The Morgan fingerprint density at radius 3 is 2.69 bits per heavy atom. The first kappa shape index (κ1) is 22.6. The summed E-state index contributed by atoms with van der Waals surface area (Å²) in [6, 6.07) is 9.43. The number of amides is 1. The maximum absolute atomic E-state index is 13.2. The lowest BCUT2D eigenvalue weighted by Gasteiger charge is -2.30. The monoisotopic (exact) mass is 449 g/mol. The van der Waals surface area contributed by atoms with Gasteiger partial charge in [-0.15, -0.1) is 0 Å². The summed E-state index contributed by atoms with van der Waals surface area (Å²) in [6.45, 7) is 3.19. The summed E-state index contributed by atoms with van der Waals surface area (Å²) in [4.78, 5) is 21.6. The Morgan fingerprint density at radius 1 is 1.25 bits per heavy atom. The normalized spacial score (nSPS) is 18.0. The molecule has 172 valence electrons. The molecule has 1 atom stereocenters. The molecule has 1 aromatic heterocycles. The van der Waals surface area contributed by atoms with Gasteiger partial charge in [0.2, 0.25) is 5.82 Å². The van der Waals surface area contributed by atoms with E-state index in [1.165, 1.54) is 17.2 Å². The highest BCUT2D eigenvalue weighted by atomic mass is 19.4. The number of hydrogen-bond donors (Lipinski definition) is 3. The van der Waals surface area contributed by atoms with E-state index >= 15 is 0 Å². The molecule has 1 fully saturated rings. The van der Waals surface area contributed by atoms with Gasteiger partial charge in [0.05, 0.1) is 6.10 Å². The minimum Gasteiger partial charge on any atom is -0.390 e. The number of aliphatic hydroxyl groups excluding tert-OH is 1. The van der Waals surface area contributed by atoms with E-state index in [2.05, 4.69) is 37.6 Å². The molecule has 2 aliphatic heterocycles. The summed E-state index contributed by atoms with van der Waals surface area (Å²) in [5.74, 6) is -1.88. The van der Waals surface area contributed by atoms with Crippen molar-refractivity contribution < 1.29 is 23.1 Å². The van der Waals surface area contributed by atoms with Gasteiger partial charge in [-0.05, 0) is 49.0 Å². The van der Waals surface area contributed by atoms with Gasteiger partial charge in [0, 0.05) is 31.9 Å². The molecule has 3 N–H and O–H groups in total. The number of fused-ring (bicyclic) bond motifs is 1. The van der Waals surface area contributed by atoms with Gasteiger partial charge in [-0.25, -0.2) is 9.97 Å². The number of carbonyl (C=O) groups excluding carboxylic acids is 1. The van der Waals surface area contributed by atoms with E-state index < -0.39 is 24.0 Å². The summed E-state index contributed by atoms with van der Waals surface area (Å²) >= 11 is 0. The van der Waals surface area contributed by atoms with Crippen molar-refractivity contribution in [3.63, 3.8) is 0 Å². The first-order chi connectivity index (χ1) is 15.3. The zero-order chi connectivity index (χ0) is 22.7. The first-order valence-electron chi connectivity index (χ1n) is 10.7. The number of nitrogens with one attached hydrogen (secondary N) is 2. The highest BCUT2D eigenvalue weighted by Crippen LogP contribution is 2.27. The number of nitrogens with zero attached hydrogens (tertiary/aromatic N) is 3. The topological polar surface area (TPSA) is 90.4 Å². The van der Waals surface area contributed by atoms with Crippen LogP contribution in [-0.4, -0.2) is 64.7 Å². The Hall–Kier alpha value is -2.56. The quantitative estimate of drug-likeness (QED) is 0.592. The lowest BCUT2D eigenvalue weighted by molar-refractivity contribution is -0.145. The molecule has 32 heavy (non-hydrogen) atoms. The van der Waals surface area contributed by atoms with E-state index in [-0.39, 0.29) is 23.9 Å². The Labute approximate surface area is 184 Å². The van der Waals surface area contributed by atoms with Gasteiger partial charge >= 0.3 is 6.18 Å². The highest BCUT2D eigenvalue weighted by molar-refractivity contribution is 5.92. The molecule has 0 spiro atoms. The summed E-state index contributed by atoms with van der Waals surface area (Å²) < 4.78 is 39.6. The van der Waals surface area contributed by atoms with Crippen LogP contribution in [0, 0.1) is 5.92 Å². The molecule has 10 heteroatoms. The third kappa shape index (κ3) is 5.62. The van der Waals surface area contributed by atoms with Crippen LogP contribution in [0.2, 0.25) is 0 Å². The number of alkyl halides is 3. The fourth-order valence-corrected chi connectivity index (χ4v) is 4.01. The second kappa shape index (κ2) is 9.51. The minimum atomic E-state index is -4.74. The van der Waals surface area contributed by atoms with Crippen molar-refractivity contribution in [2.45, 2.75) is 31.7 Å². The Bertz CT molecular complexity index is 965. The van der Waals surface area contributed by atoms with Crippen molar-refractivity contribution >= 4 is 5.91 Å². The highest BCUT2D eigenvalue weighted by Gasteiger charge is 2.36. The van der Waals surface area contributed by atoms with E-state index in [0.717, 1.165) is 13.0 Å². The molecule has 0 radical (unpaired) electrons. The molecular weight excluding hydrogens is 423 g/mol. The number of aliphatic hydroxyl groups is 1. The van der Waals surface area contributed by atoms with Crippen molar-refractivity contribution in [1.29, 1.82) is 0 Å². The number of rotatable bonds is 7. The van der Waals surface area contributed by atoms with Crippen LogP contribution in [0.5, 0.6) is 0 Å². The van der Waals surface area contributed by atoms with Gasteiger partial charge in [0.15, 0.2) is 0 Å². The first-order valence-corrected chi connectivity index (χ1v) is 10.7. The van der Waals surface area contributed by atoms with E-state index in [9.17, 15) is 23.1 Å². The molecule has 1 aromatic carbocycles. The zero-order valence-corrected chi connectivity index (χ0v) is 17.5. The third-order valence-corrected chi connectivity index (χ3v) is 5.81. The molecule has 0 bridgehead atoms. The summed E-state index contributed by atoms with van der Waals surface area (Å²) in [6.07, 6.45) is -4.37. The van der Waals surface area contributed by atoms with Crippen molar-refractivity contribution in [1.82, 2.24) is 25.5 Å². The predicted octanol–water partition coefficient (Wildman–Crippen LogP) is 1.41. The van der Waals surface area contributed by atoms with Crippen LogP contribution in [0.1, 0.15) is 33.1 Å². The predicted molar refractivity (Wildman–Crippen MR) is 111 cm³/mol. The standard InChI is InChI=1S/C22H26F3N5O2/c23-22(24,25)21-28-17(7-14-9-26-10-14)8-19(29-21)20(32)27-11-18(31)13-30-6-5-15-3-1-2-4-16(15)12-30/h1-4,8,14,18,26,31H,5-7,9-13H2,(H,27,32)/t18-/m0/s1. The second-order valence-corrected chi connectivity index (χ2v) is 8.41. The molecule has 0 unspecified atom stereocenters. The fraction of sp³-hybridized carbons (Fsp3) is 0.500. The van der Waals surface area contributed by atoms with E-state index in [1.807, 2.05) is 12.1 Å². The van der Waals surface area contributed by atoms with Crippen LogP contribution in [0.4, 0.5) is 13.2 Å². The number of hydrogen-bond acceptors (Lipinski definition) is 6. The summed E-state index contributed by atoms with van der Waals surface area (Å²) in [5.41, 5.74) is 2.36. The van der Waals surface area contributed by atoms with Crippen molar-refractivity contribution in [2.24, 2.45) is 5.92 Å². The van der Waals surface area contributed by atoms with Crippen LogP contribution in [0.15, 0.2) is 30.3 Å². The van der Waals surface area contributed by atoms with Crippen molar-refractivity contribution in [3.05, 3.63) is 58.7 Å². The molecule has 0 aliphatic carbocycles. The fourth-order valence-electron chi connectivity index (χ4n) is 4.01. The molecule has 1 amide bonds. The van der Waals surface area contributed by atoms with Crippen LogP contribution < -0.4 is 10.6 Å². The van der Waals surface area contributed by atoms with Crippen LogP contribution in [0.3, 0.4) is 0 Å². The number of β-amino-alcohol motifs (C(OH)–C–C–N with tert-alkyl or cyclic N) is 1. The number of benzene rings is 1. The molecule has 2 aromatic rings. The number of halogens is 3. The van der Waals surface area contributed by atoms with Gasteiger partial charge in [-0.2, -0.15) is 13.2 Å². The number of aromatic nitrogens is 2. The summed E-state index contributed by atoms with van der Waals surface area (Å²) in [7, 11) is 0. The summed E-state index contributed by atoms with van der Waals surface area (Å²) in [5, 5.41) is 15.9. The Morgan fingerprint density at radius 2 is 2.00 bits per heavy atom. The maximum atomic E-state index is 13.2. The average Bonchev–Trinajstić information content (AvgIpc) is 2.73. The number of carbonyl (C=O) groups is 1. The Balaban J connectivity index is 1.35. The van der Waals surface area contributed by atoms with E-state index in [1.54, 1.807) is 0 Å². The molecule has 1 saturated heterocycles. The van der Waals surface area contributed by atoms with Crippen molar-refractivity contribution in [2.75, 3.05) is 32.7 Å². The van der Waals surface area contributed by atoms with E-state index in [4.69, 9.17) is 0 Å². The SMILES string of the molecule is O=C(NC[C@H](O)CN1CCc2ccccc2C1)c1cc(CC2CNC2)nc(C(F)(F)F)n1. The van der Waals surface area contributed by atoms with Gasteiger partial charge in [-0.1, -0.05) is 24.3 Å². The Kier molecular flexibility index (Phi) is 6.73. The van der Waals surface area contributed by atoms with E-state index in [0.29, 0.717) is 32.6 Å². The van der Waals surface area contributed by atoms with Crippen molar-refractivity contribution in [3.8, 4) is 0 Å².